The van der Waals surface area contributed by atoms with Gasteiger partial charge in [0.2, 0.25) is 5.76 Å². The normalized spacial score (nSPS) is 25.2. The van der Waals surface area contributed by atoms with Crippen molar-refractivity contribution >= 4 is 12.0 Å². The van der Waals surface area contributed by atoms with Gasteiger partial charge < -0.3 is 14.2 Å². The minimum Gasteiger partial charge on any atom is -0.443 e. The minimum absolute atomic E-state index is 0.000209. The second-order valence-electron chi connectivity index (χ2n) is 7.08. The fourth-order valence-electron chi connectivity index (χ4n) is 4.48. The lowest BCUT2D eigenvalue weighted by molar-refractivity contribution is 0.0597. The lowest BCUT2D eigenvalue weighted by Gasteiger charge is -2.37. The molecule has 2 saturated heterocycles. The molecule has 0 spiro atoms. The second kappa shape index (κ2) is 5.86. The molecule has 0 saturated carbocycles. The molecule has 2 atom stereocenters. The Balaban J connectivity index is 1.32. The fraction of sp³-hybridized carbons (Fsp3) is 0.421. The second-order valence-corrected chi connectivity index (χ2v) is 7.08. The van der Waals surface area contributed by atoms with Gasteiger partial charge in [-0.3, -0.25) is 9.69 Å². The van der Waals surface area contributed by atoms with E-state index in [1.807, 2.05) is 17.0 Å². The Morgan fingerprint density at radius 2 is 1.96 bits per heavy atom. The number of ether oxygens (including phenoxy) is 1. The molecule has 134 valence electrons. The zero-order chi connectivity index (χ0) is 17.7. The molecule has 3 heterocycles. The van der Waals surface area contributed by atoms with E-state index >= 15 is 0 Å². The lowest BCUT2D eigenvalue weighted by atomic mass is 9.99. The SMILES string of the molecule is O=C(c1ccno1)N1CCC(N2C(=O)O[C@H]3Cc4ccccc4[C@H]32)CC1. The summed E-state index contributed by atoms with van der Waals surface area (Å²) in [4.78, 5) is 28.6. The van der Waals surface area contributed by atoms with Crippen molar-refractivity contribution in [2.75, 3.05) is 13.1 Å². The summed E-state index contributed by atoms with van der Waals surface area (Å²) in [5.41, 5.74) is 2.46. The third-order valence-electron chi connectivity index (χ3n) is 5.70. The summed E-state index contributed by atoms with van der Waals surface area (Å²) >= 11 is 0. The van der Waals surface area contributed by atoms with E-state index in [9.17, 15) is 9.59 Å². The molecule has 2 amide bonds. The zero-order valence-electron chi connectivity index (χ0n) is 14.2. The zero-order valence-corrected chi connectivity index (χ0v) is 14.2. The van der Waals surface area contributed by atoms with Crippen LogP contribution in [-0.2, 0) is 11.2 Å². The Morgan fingerprint density at radius 1 is 1.15 bits per heavy atom. The Labute approximate surface area is 150 Å². The van der Waals surface area contributed by atoms with Gasteiger partial charge in [0.25, 0.3) is 5.91 Å². The number of nitrogens with zero attached hydrogens (tertiary/aromatic N) is 3. The monoisotopic (exact) mass is 353 g/mol. The predicted octanol–water partition coefficient (Wildman–Crippen LogP) is 2.40. The Morgan fingerprint density at radius 3 is 2.73 bits per heavy atom. The summed E-state index contributed by atoms with van der Waals surface area (Å²) in [7, 11) is 0. The number of amides is 2. The molecule has 2 aromatic rings. The topological polar surface area (TPSA) is 75.9 Å². The van der Waals surface area contributed by atoms with Gasteiger partial charge in [0.15, 0.2) is 0 Å². The number of rotatable bonds is 2. The van der Waals surface area contributed by atoms with Crippen molar-refractivity contribution < 1.29 is 18.8 Å². The predicted molar refractivity (Wildman–Crippen MR) is 90.4 cm³/mol. The molecule has 1 aliphatic carbocycles. The quantitative estimate of drug-likeness (QED) is 0.829. The van der Waals surface area contributed by atoms with Gasteiger partial charge in [0.05, 0.1) is 12.2 Å². The maximum Gasteiger partial charge on any atom is 0.411 e. The van der Waals surface area contributed by atoms with Crippen molar-refractivity contribution in [3.8, 4) is 0 Å². The molecule has 1 aromatic heterocycles. The van der Waals surface area contributed by atoms with Gasteiger partial charge in [-0.25, -0.2) is 4.79 Å². The van der Waals surface area contributed by atoms with Crippen LogP contribution >= 0.6 is 0 Å². The lowest BCUT2D eigenvalue weighted by Crippen LogP contribution is -2.47. The molecule has 0 bridgehead atoms. The highest BCUT2D eigenvalue weighted by Crippen LogP contribution is 2.44. The highest BCUT2D eigenvalue weighted by atomic mass is 16.6. The number of carbonyl (C=O) groups is 2. The van der Waals surface area contributed by atoms with Gasteiger partial charge in [-0.15, -0.1) is 0 Å². The summed E-state index contributed by atoms with van der Waals surface area (Å²) in [6, 6.07) is 9.91. The summed E-state index contributed by atoms with van der Waals surface area (Å²) < 4.78 is 10.6. The summed E-state index contributed by atoms with van der Waals surface area (Å²) in [5, 5.41) is 3.59. The maximum atomic E-state index is 12.5. The number of hydrogen-bond donors (Lipinski definition) is 0. The molecular weight excluding hydrogens is 334 g/mol. The first-order chi connectivity index (χ1) is 12.7. The van der Waals surface area contributed by atoms with Crippen molar-refractivity contribution in [3.63, 3.8) is 0 Å². The summed E-state index contributed by atoms with van der Waals surface area (Å²) in [5.74, 6) is 0.114. The van der Waals surface area contributed by atoms with Gasteiger partial charge in [0, 0.05) is 31.6 Å². The smallest absolute Gasteiger partial charge is 0.411 e. The van der Waals surface area contributed by atoms with Gasteiger partial charge in [-0.2, -0.15) is 0 Å². The van der Waals surface area contributed by atoms with Crippen LogP contribution in [0.4, 0.5) is 4.79 Å². The van der Waals surface area contributed by atoms with E-state index in [1.165, 1.54) is 17.3 Å². The first kappa shape index (κ1) is 15.4. The van der Waals surface area contributed by atoms with Crippen LogP contribution in [0.15, 0.2) is 41.1 Å². The minimum atomic E-state index is -0.227. The van der Waals surface area contributed by atoms with Crippen molar-refractivity contribution in [1.82, 2.24) is 15.0 Å². The first-order valence-corrected chi connectivity index (χ1v) is 8.99. The van der Waals surface area contributed by atoms with E-state index in [2.05, 4.69) is 17.3 Å². The summed E-state index contributed by atoms with van der Waals surface area (Å²) in [6.07, 6.45) is 3.41. The third-order valence-corrected chi connectivity index (χ3v) is 5.70. The third kappa shape index (κ3) is 2.30. The molecule has 3 aliphatic rings. The van der Waals surface area contributed by atoms with Crippen LogP contribution in [-0.4, -0.2) is 52.2 Å². The van der Waals surface area contributed by atoms with E-state index < -0.39 is 0 Å². The fourth-order valence-corrected chi connectivity index (χ4v) is 4.48. The van der Waals surface area contributed by atoms with Crippen LogP contribution in [0.25, 0.3) is 0 Å². The highest BCUT2D eigenvalue weighted by Gasteiger charge is 2.50. The molecule has 7 heteroatoms. The van der Waals surface area contributed by atoms with Gasteiger partial charge in [0.1, 0.15) is 6.10 Å². The van der Waals surface area contributed by atoms with Crippen molar-refractivity contribution in [2.45, 2.75) is 37.5 Å². The van der Waals surface area contributed by atoms with Gasteiger partial charge >= 0.3 is 6.09 Å². The molecule has 0 radical (unpaired) electrons. The van der Waals surface area contributed by atoms with E-state index in [0.29, 0.717) is 13.1 Å². The summed E-state index contributed by atoms with van der Waals surface area (Å²) in [6.45, 7) is 1.18. The van der Waals surface area contributed by atoms with E-state index in [0.717, 1.165) is 19.3 Å². The van der Waals surface area contributed by atoms with Crippen LogP contribution in [0.3, 0.4) is 0 Å². The average Bonchev–Trinajstić information content (AvgIpc) is 3.37. The van der Waals surface area contributed by atoms with Crippen LogP contribution in [0, 0.1) is 0 Å². The standard InChI is InChI=1S/C19H19N3O4/c23-18(15-5-8-20-26-15)21-9-6-13(7-10-21)22-17-14-4-2-1-3-12(14)11-16(17)25-19(22)24/h1-5,8,13,16-17H,6-7,9-11H2/t16-,17+/m0/s1. The van der Waals surface area contributed by atoms with Gasteiger partial charge in [-0.05, 0) is 24.0 Å². The average molecular weight is 353 g/mol. The number of aromatic nitrogens is 1. The Hall–Kier alpha value is -2.83. The molecular formula is C19H19N3O4. The van der Waals surface area contributed by atoms with E-state index in [1.54, 1.807) is 11.0 Å². The van der Waals surface area contributed by atoms with Crippen LogP contribution in [0.2, 0.25) is 0 Å². The largest absolute Gasteiger partial charge is 0.443 e. The highest BCUT2D eigenvalue weighted by molar-refractivity contribution is 5.91. The van der Waals surface area contributed by atoms with Gasteiger partial charge in [-0.1, -0.05) is 29.4 Å². The molecule has 0 unspecified atom stereocenters. The molecule has 2 aliphatic heterocycles. The number of hydrogen-bond acceptors (Lipinski definition) is 5. The molecule has 26 heavy (non-hydrogen) atoms. The molecule has 7 nitrogen and oxygen atoms in total. The van der Waals surface area contributed by atoms with E-state index in [-0.39, 0.29) is 35.9 Å². The maximum absolute atomic E-state index is 12.5. The first-order valence-electron chi connectivity index (χ1n) is 8.99. The molecule has 2 fully saturated rings. The van der Waals surface area contributed by atoms with E-state index in [4.69, 9.17) is 9.26 Å². The molecule has 1 aromatic carbocycles. The van der Waals surface area contributed by atoms with Crippen LogP contribution in [0.5, 0.6) is 0 Å². The number of piperidine rings is 1. The Bertz CT molecular complexity index is 842. The van der Waals surface area contributed by atoms with Crippen molar-refractivity contribution in [1.29, 1.82) is 0 Å². The Kier molecular flexibility index (Phi) is 3.48. The van der Waals surface area contributed by atoms with Crippen LogP contribution < -0.4 is 0 Å². The van der Waals surface area contributed by atoms with Crippen LogP contribution in [0.1, 0.15) is 40.6 Å². The molecule has 5 rings (SSSR count). The number of likely N-dealkylation sites (tertiary alicyclic amines) is 1. The number of fused-ring (bicyclic) bond motifs is 3. The van der Waals surface area contributed by atoms with Crippen molar-refractivity contribution in [2.24, 2.45) is 0 Å². The van der Waals surface area contributed by atoms with Crippen molar-refractivity contribution in [3.05, 3.63) is 53.4 Å². The molecule has 0 N–H and O–H groups in total. The number of benzene rings is 1. The number of carbonyl (C=O) groups excluding carboxylic acids is 2.